The maximum atomic E-state index is 10.5. The molecule has 2 atom stereocenters. The number of halogens is 1. The monoisotopic (exact) mass is 269 g/mol. The van der Waals surface area contributed by atoms with Gasteiger partial charge in [0, 0.05) is 18.3 Å². The summed E-state index contributed by atoms with van der Waals surface area (Å²) in [5, 5.41) is 13.9. The highest BCUT2D eigenvalue weighted by Gasteiger charge is 2.32. The molecule has 0 aromatic carbocycles. The molecule has 0 amide bonds. The lowest BCUT2D eigenvalue weighted by Crippen LogP contribution is -2.41. The SMILES string of the molecule is Cc1cc(NCC2(O)CCCC(C)C2)nc(Cl)n1. The summed E-state index contributed by atoms with van der Waals surface area (Å²) in [5.74, 6) is 1.26. The molecule has 1 heterocycles. The summed E-state index contributed by atoms with van der Waals surface area (Å²) in [6, 6.07) is 1.83. The minimum atomic E-state index is -0.622. The van der Waals surface area contributed by atoms with Crippen molar-refractivity contribution in [1.82, 2.24) is 9.97 Å². The summed E-state index contributed by atoms with van der Waals surface area (Å²) in [4.78, 5) is 8.11. The van der Waals surface area contributed by atoms with Gasteiger partial charge in [0.15, 0.2) is 0 Å². The predicted octanol–water partition coefficient (Wildman–Crippen LogP) is 2.79. The van der Waals surface area contributed by atoms with Gasteiger partial charge in [-0.25, -0.2) is 9.97 Å². The fraction of sp³-hybridized carbons (Fsp3) is 0.692. The third-order valence-electron chi connectivity index (χ3n) is 3.49. The summed E-state index contributed by atoms with van der Waals surface area (Å²) in [5.41, 5.74) is 0.199. The number of nitrogens with zero attached hydrogens (tertiary/aromatic N) is 2. The van der Waals surface area contributed by atoms with E-state index in [-0.39, 0.29) is 5.28 Å². The molecule has 1 aromatic heterocycles. The Morgan fingerprint density at radius 1 is 1.56 bits per heavy atom. The van der Waals surface area contributed by atoms with Crippen molar-refractivity contribution in [3.8, 4) is 0 Å². The molecule has 1 aliphatic rings. The number of aliphatic hydroxyl groups is 1. The summed E-state index contributed by atoms with van der Waals surface area (Å²) >= 11 is 5.80. The van der Waals surface area contributed by atoms with Crippen LogP contribution in [0.1, 0.15) is 38.3 Å². The van der Waals surface area contributed by atoms with Crippen LogP contribution < -0.4 is 5.32 Å². The van der Waals surface area contributed by atoms with E-state index in [2.05, 4.69) is 22.2 Å². The molecule has 1 aromatic rings. The number of hydrogen-bond donors (Lipinski definition) is 2. The minimum Gasteiger partial charge on any atom is -0.388 e. The molecule has 1 aliphatic carbocycles. The number of anilines is 1. The van der Waals surface area contributed by atoms with Gasteiger partial charge in [-0.3, -0.25) is 0 Å². The van der Waals surface area contributed by atoms with E-state index in [1.165, 1.54) is 6.42 Å². The Hall–Kier alpha value is -0.870. The third kappa shape index (κ3) is 3.56. The van der Waals surface area contributed by atoms with Gasteiger partial charge in [-0.05, 0) is 37.3 Å². The van der Waals surface area contributed by atoms with Crippen molar-refractivity contribution in [3.63, 3.8) is 0 Å². The minimum absolute atomic E-state index is 0.238. The molecule has 1 fully saturated rings. The van der Waals surface area contributed by atoms with E-state index in [0.29, 0.717) is 18.3 Å². The topological polar surface area (TPSA) is 58.0 Å². The van der Waals surface area contributed by atoms with Crippen molar-refractivity contribution < 1.29 is 5.11 Å². The van der Waals surface area contributed by atoms with Crippen LogP contribution in [0.25, 0.3) is 0 Å². The Morgan fingerprint density at radius 3 is 3.00 bits per heavy atom. The van der Waals surface area contributed by atoms with Gasteiger partial charge >= 0.3 is 0 Å². The van der Waals surface area contributed by atoms with E-state index < -0.39 is 5.60 Å². The Balaban J connectivity index is 1.98. The zero-order chi connectivity index (χ0) is 13.2. The van der Waals surface area contributed by atoms with Crippen molar-refractivity contribution in [2.24, 2.45) is 5.92 Å². The van der Waals surface area contributed by atoms with E-state index in [9.17, 15) is 5.11 Å². The van der Waals surface area contributed by atoms with Crippen LogP contribution in [0.15, 0.2) is 6.07 Å². The fourth-order valence-corrected chi connectivity index (χ4v) is 2.90. The average molecular weight is 270 g/mol. The maximum Gasteiger partial charge on any atom is 0.224 e. The molecule has 2 unspecified atom stereocenters. The first kappa shape index (κ1) is 13.6. The highest BCUT2D eigenvalue weighted by atomic mass is 35.5. The van der Waals surface area contributed by atoms with Crippen molar-refractivity contribution in [3.05, 3.63) is 17.0 Å². The van der Waals surface area contributed by atoms with Gasteiger partial charge in [0.1, 0.15) is 5.82 Å². The summed E-state index contributed by atoms with van der Waals surface area (Å²) in [6.45, 7) is 4.58. The lowest BCUT2D eigenvalue weighted by Gasteiger charge is -2.35. The molecule has 100 valence electrons. The van der Waals surface area contributed by atoms with Crippen LogP contribution in [0.3, 0.4) is 0 Å². The lowest BCUT2D eigenvalue weighted by atomic mass is 9.79. The largest absolute Gasteiger partial charge is 0.388 e. The predicted molar refractivity (Wildman–Crippen MR) is 72.9 cm³/mol. The molecular weight excluding hydrogens is 250 g/mol. The normalized spacial score (nSPS) is 28.1. The van der Waals surface area contributed by atoms with E-state index in [0.717, 1.165) is 25.0 Å². The van der Waals surface area contributed by atoms with Gasteiger partial charge in [0.05, 0.1) is 5.60 Å². The molecule has 0 bridgehead atoms. The van der Waals surface area contributed by atoms with E-state index in [1.54, 1.807) is 0 Å². The standard InChI is InChI=1S/C13H20ClN3O/c1-9-4-3-5-13(18,7-9)8-15-11-6-10(2)16-12(14)17-11/h6,9,18H,3-5,7-8H2,1-2H3,(H,15,16,17). The van der Waals surface area contributed by atoms with Crippen molar-refractivity contribution in [2.45, 2.75) is 45.1 Å². The first-order valence-corrected chi connectivity index (χ1v) is 6.82. The molecule has 1 saturated carbocycles. The number of rotatable bonds is 3. The number of nitrogens with one attached hydrogen (secondary N) is 1. The molecule has 0 spiro atoms. The zero-order valence-corrected chi connectivity index (χ0v) is 11.7. The number of aryl methyl sites for hydroxylation is 1. The second-order valence-corrected chi connectivity index (χ2v) is 5.78. The highest BCUT2D eigenvalue weighted by molar-refractivity contribution is 6.28. The van der Waals surface area contributed by atoms with Gasteiger partial charge < -0.3 is 10.4 Å². The molecule has 0 radical (unpaired) electrons. The van der Waals surface area contributed by atoms with Crippen LogP contribution >= 0.6 is 11.6 Å². The zero-order valence-electron chi connectivity index (χ0n) is 10.9. The second kappa shape index (κ2) is 5.41. The lowest BCUT2D eigenvalue weighted by molar-refractivity contribution is -0.000830. The van der Waals surface area contributed by atoms with Gasteiger partial charge in [-0.2, -0.15) is 0 Å². The van der Waals surface area contributed by atoms with Crippen molar-refractivity contribution in [2.75, 3.05) is 11.9 Å². The number of aromatic nitrogens is 2. The van der Waals surface area contributed by atoms with Gasteiger partial charge in [-0.15, -0.1) is 0 Å². The molecule has 18 heavy (non-hydrogen) atoms. The van der Waals surface area contributed by atoms with E-state index in [1.807, 2.05) is 13.0 Å². The molecule has 0 aliphatic heterocycles. The first-order valence-electron chi connectivity index (χ1n) is 6.44. The van der Waals surface area contributed by atoms with Crippen molar-refractivity contribution in [1.29, 1.82) is 0 Å². The van der Waals surface area contributed by atoms with Crippen LogP contribution in [0.2, 0.25) is 5.28 Å². The maximum absolute atomic E-state index is 10.5. The van der Waals surface area contributed by atoms with Crippen LogP contribution in [-0.4, -0.2) is 27.2 Å². The van der Waals surface area contributed by atoms with Gasteiger partial charge in [-0.1, -0.05) is 19.8 Å². The molecular formula is C13H20ClN3O. The summed E-state index contributed by atoms with van der Waals surface area (Å²) in [7, 11) is 0. The van der Waals surface area contributed by atoms with Gasteiger partial charge in [0.25, 0.3) is 0 Å². The summed E-state index contributed by atoms with van der Waals surface area (Å²) < 4.78 is 0. The fourth-order valence-electron chi connectivity index (χ4n) is 2.67. The van der Waals surface area contributed by atoms with E-state index >= 15 is 0 Å². The Morgan fingerprint density at radius 2 is 2.33 bits per heavy atom. The molecule has 4 nitrogen and oxygen atoms in total. The Labute approximate surface area is 113 Å². The molecule has 0 saturated heterocycles. The molecule has 2 rings (SSSR count). The quantitative estimate of drug-likeness (QED) is 0.829. The first-order chi connectivity index (χ1) is 8.47. The second-order valence-electron chi connectivity index (χ2n) is 5.44. The van der Waals surface area contributed by atoms with Crippen LogP contribution in [0, 0.1) is 12.8 Å². The van der Waals surface area contributed by atoms with E-state index in [4.69, 9.17) is 11.6 Å². The molecule has 5 heteroatoms. The van der Waals surface area contributed by atoms with Crippen molar-refractivity contribution >= 4 is 17.4 Å². The summed E-state index contributed by atoms with van der Waals surface area (Å²) in [6.07, 6.45) is 3.99. The Kier molecular flexibility index (Phi) is 4.07. The third-order valence-corrected chi connectivity index (χ3v) is 3.66. The van der Waals surface area contributed by atoms with Crippen LogP contribution in [-0.2, 0) is 0 Å². The highest BCUT2D eigenvalue weighted by Crippen LogP contribution is 2.32. The van der Waals surface area contributed by atoms with Gasteiger partial charge in [0.2, 0.25) is 5.28 Å². The van der Waals surface area contributed by atoms with Crippen LogP contribution in [0.5, 0.6) is 0 Å². The molecule has 2 N–H and O–H groups in total. The van der Waals surface area contributed by atoms with Crippen LogP contribution in [0.4, 0.5) is 5.82 Å². The Bertz CT molecular complexity index is 406. The average Bonchev–Trinajstić information content (AvgIpc) is 2.25. The number of hydrogen-bond acceptors (Lipinski definition) is 4. The smallest absolute Gasteiger partial charge is 0.224 e.